The minimum Gasteiger partial charge on any atom is -0.481 e. The van der Waals surface area contributed by atoms with E-state index in [0.29, 0.717) is 0 Å². The Balaban J connectivity index is 2.77. The van der Waals surface area contributed by atoms with Crippen LogP contribution in [0.25, 0.3) is 0 Å². The van der Waals surface area contributed by atoms with Crippen molar-refractivity contribution in [3.05, 3.63) is 18.5 Å². The van der Waals surface area contributed by atoms with Crippen LogP contribution in [0.3, 0.4) is 0 Å². The van der Waals surface area contributed by atoms with E-state index in [1.165, 1.54) is 0 Å². The first kappa shape index (κ1) is 10.6. The van der Waals surface area contributed by atoms with Gasteiger partial charge < -0.3 is 15.0 Å². The molecule has 0 atom stereocenters. The lowest BCUT2D eigenvalue weighted by Gasteiger charge is -2.35. The third-order valence-corrected chi connectivity index (χ3v) is 2.46. The van der Waals surface area contributed by atoms with Gasteiger partial charge in [0.15, 0.2) is 0 Å². The van der Waals surface area contributed by atoms with E-state index in [0.717, 1.165) is 5.69 Å². The number of aromatic amines is 1. The van der Waals surface area contributed by atoms with Gasteiger partial charge in [0.1, 0.15) is 0 Å². The van der Waals surface area contributed by atoms with E-state index >= 15 is 0 Å². The van der Waals surface area contributed by atoms with Gasteiger partial charge in [-0.15, -0.1) is 0 Å². The van der Waals surface area contributed by atoms with Gasteiger partial charge in [-0.2, -0.15) is 0 Å². The zero-order chi connectivity index (χ0) is 10.8. The Morgan fingerprint density at radius 3 is 2.71 bits per heavy atom. The average Bonchev–Trinajstić information content (AvgIpc) is 2.51. The minimum absolute atomic E-state index is 0.120. The molecule has 1 aromatic rings. The lowest BCUT2D eigenvalue weighted by Crippen LogP contribution is -2.42. The maximum atomic E-state index is 10.7. The second-order valence-corrected chi connectivity index (χ2v) is 4.01. The molecule has 0 unspecified atom stereocenters. The molecule has 0 aliphatic rings. The van der Waals surface area contributed by atoms with Crippen LogP contribution in [0.1, 0.15) is 20.3 Å². The van der Waals surface area contributed by atoms with Gasteiger partial charge in [-0.3, -0.25) is 4.79 Å². The Hall–Kier alpha value is -1.45. The molecular formula is C10H16N2O2. The van der Waals surface area contributed by atoms with Crippen molar-refractivity contribution in [3.63, 3.8) is 0 Å². The topological polar surface area (TPSA) is 56.3 Å². The summed E-state index contributed by atoms with van der Waals surface area (Å²) >= 11 is 0. The number of anilines is 1. The van der Waals surface area contributed by atoms with Crippen LogP contribution in [-0.2, 0) is 4.79 Å². The van der Waals surface area contributed by atoms with Crippen LogP contribution in [0.2, 0.25) is 0 Å². The summed E-state index contributed by atoms with van der Waals surface area (Å²) in [5.41, 5.74) is 0.616. The molecule has 0 saturated carbocycles. The Bertz CT molecular complexity index is 304. The summed E-state index contributed by atoms with van der Waals surface area (Å²) in [6.45, 7) is 3.82. The summed E-state index contributed by atoms with van der Waals surface area (Å²) in [5.74, 6) is -0.780. The van der Waals surface area contributed by atoms with Crippen LogP contribution in [-0.4, -0.2) is 28.6 Å². The molecular weight excluding hydrogens is 180 g/mol. The number of aliphatic carboxylic acids is 1. The van der Waals surface area contributed by atoms with Crippen LogP contribution in [0.4, 0.5) is 5.69 Å². The standard InChI is InChI=1S/C10H16N2O2/c1-10(2,6-9(13)14)12(3)8-4-5-11-7-8/h4-5,7,11H,6H2,1-3H3,(H,13,14). The fraction of sp³-hybridized carbons (Fsp3) is 0.500. The largest absolute Gasteiger partial charge is 0.481 e. The minimum atomic E-state index is -0.780. The molecule has 0 fully saturated rings. The summed E-state index contributed by atoms with van der Waals surface area (Å²) in [7, 11) is 1.89. The molecule has 1 aromatic heterocycles. The molecule has 0 amide bonds. The van der Waals surface area contributed by atoms with E-state index in [9.17, 15) is 4.79 Å². The molecule has 78 valence electrons. The van der Waals surface area contributed by atoms with E-state index in [1.807, 2.05) is 44.3 Å². The number of aromatic nitrogens is 1. The van der Waals surface area contributed by atoms with Gasteiger partial charge in [-0.1, -0.05) is 0 Å². The Kier molecular flexibility index (Phi) is 2.84. The van der Waals surface area contributed by atoms with Crippen molar-refractivity contribution < 1.29 is 9.90 Å². The van der Waals surface area contributed by atoms with Crippen molar-refractivity contribution in [3.8, 4) is 0 Å². The third kappa shape index (κ3) is 2.28. The van der Waals surface area contributed by atoms with E-state index < -0.39 is 5.97 Å². The van der Waals surface area contributed by atoms with E-state index in [1.54, 1.807) is 0 Å². The molecule has 14 heavy (non-hydrogen) atoms. The number of carbonyl (C=O) groups is 1. The number of carboxylic acid groups (broad SMARTS) is 1. The molecule has 0 aliphatic carbocycles. The van der Waals surface area contributed by atoms with Gasteiger partial charge in [0, 0.05) is 25.0 Å². The second kappa shape index (κ2) is 3.74. The number of rotatable bonds is 4. The Morgan fingerprint density at radius 1 is 1.64 bits per heavy atom. The van der Waals surface area contributed by atoms with Gasteiger partial charge in [-0.25, -0.2) is 0 Å². The van der Waals surface area contributed by atoms with Crippen LogP contribution in [0, 0.1) is 0 Å². The maximum Gasteiger partial charge on any atom is 0.305 e. The first-order chi connectivity index (χ1) is 6.43. The molecule has 0 aliphatic heterocycles. The Morgan fingerprint density at radius 2 is 2.29 bits per heavy atom. The SMILES string of the molecule is CN(c1cc[nH]c1)C(C)(C)CC(=O)O. The molecule has 2 N–H and O–H groups in total. The second-order valence-electron chi connectivity index (χ2n) is 4.01. The lowest BCUT2D eigenvalue weighted by molar-refractivity contribution is -0.138. The molecule has 1 rings (SSSR count). The average molecular weight is 196 g/mol. The lowest BCUT2D eigenvalue weighted by atomic mass is 9.98. The van der Waals surface area contributed by atoms with Crippen molar-refractivity contribution in [1.29, 1.82) is 0 Å². The Labute approximate surface area is 83.5 Å². The van der Waals surface area contributed by atoms with Crippen molar-refractivity contribution in [1.82, 2.24) is 4.98 Å². The first-order valence-electron chi connectivity index (χ1n) is 4.52. The van der Waals surface area contributed by atoms with Gasteiger partial charge in [0.05, 0.1) is 12.1 Å². The van der Waals surface area contributed by atoms with Crippen LogP contribution < -0.4 is 4.90 Å². The van der Waals surface area contributed by atoms with Gasteiger partial charge in [0.2, 0.25) is 0 Å². The first-order valence-corrected chi connectivity index (χ1v) is 4.52. The summed E-state index contributed by atoms with van der Waals surface area (Å²) < 4.78 is 0. The summed E-state index contributed by atoms with van der Waals surface area (Å²) in [6, 6.07) is 1.92. The number of hydrogen-bond acceptors (Lipinski definition) is 2. The van der Waals surface area contributed by atoms with Crippen molar-refractivity contribution in [2.45, 2.75) is 25.8 Å². The molecule has 0 saturated heterocycles. The van der Waals surface area contributed by atoms with Crippen molar-refractivity contribution >= 4 is 11.7 Å². The predicted octanol–water partition coefficient (Wildman–Crippen LogP) is 1.70. The quantitative estimate of drug-likeness (QED) is 0.770. The molecule has 1 heterocycles. The summed E-state index contributed by atoms with van der Waals surface area (Å²) in [5, 5.41) is 8.76. The number of nitrogens with one attached hydrogen (secondary N) is 1. The van der Waals surface area contributed by atoms with E-state index in [-0.39, 0.29) is 12.0 Å². The number of nitrogens with zero attached hydrogens (tertiary/aromatic N) is 1. The van der Waals surface area contributed by atoms with Crippen LogP contribution >= 0.6 is 0 Å². The number of H-pyrrole nitrogens is 1. The molecule has 0 radical (unpaired) electrons. The maximum absolute atomic E-state index is 10.7. The number of hydrogen-bond donors (Lipinski definition) is 2. The number of carboxylic acids is 1. The highest BCUT2D eigenvalue weighted by atomic mass is 16.4. The molecule has 0 bridgehead atoms. The molecule has 4 heteroatoms. The van der Waals surface area contributed by atoms with Crippen LogP contribution in [0.5, 0.6) is 0 Å². The van der Waals surface area contributed by atoms with Gasteiger partial charge in [0.25, 0.3) is 0 Å². The van der Waals surface area contributed by atoms with E-state index in [2.05, 4.69) is 4.98 Å². The van der Waals surface area contributed by atoms with Gasteiger partial charge in [-0.05, 0) is 19.9 Å². The van der Waals surface area contributed by atoms with E-state index in [4.69, 9.17) is 5.11 Å². The molecule has 0 aromatic carbocycles. The van der Waals surface area contributed by atoms with Crippen molar-refractivity contribution in [2.75, 3.05) is 11.9 Å². The summed E-state index contributed by atoms with van der Waals surface area (Å²) in [6.07, 6.45) is 3.79. The predicted molar refractivity (Wildman–Crippen MR) is 55.5 cm³/mol. The monoisotopic (exact) mass is 196 g/mol. The molecule has 4 nitrogen and oxygen atoms in total. The smallest absolute Gasteiger partial charge is 0.305 e. The fourth-order valence-corrected chi connectivity index (χ4v) is 1.36. The van der Waals surface area contributed by atoms with Crippen LogP contribution in [0.15, 0.2) is 18.5 Å². The molecule has 0 spiro atoms. The zero-order valence-electron chi connectivity index (χ0n) is 8.74. The summed E-state index contributed by atoms with van der Waals surface area (Å²) in [4.78, 5) is 15.6. The van der Waals surface area contributed by atoms with Gasteiger partial charge >= 0.3 is 5.97 Å². The highest BCUT2D eigenvalue weighted by Crippen LogP contribution is 2.24. The zero-order valence-corrected chi connectivity index (χ0v) is 8.74. The van der Waals surface area contributed by atoms with Crippen molar-refractivity contribution in [2.24, 2.45) is 0 Å². The highest BCUT2D eigenvalue weighted by Gasteiger charge is 2.26. The fourth-order valence-electron chi connectivity index (χ4n) is 1.36. The normalized spacial score (nSPS) is 11.4. The highest BCUT2D eigenvalue weighted by molar-refractivity contribution is 5.69. The third-order valence-electron chi connectivity index (χ3n) is 2.46.